The Morgan fingerprint density at radius 2 is 1.08 bits per heavy atom. The lowest BCUT2D eigenvalue weighted by Gasteiger charge is -2.45. The van der Waals surface area contributed by atoms with Gasteiger partial charge >= 0.3 is 0 Å². The number of ether oxygens (including phenoxy) is 3. The average Bonchev–Trinajstić information content (AvgIpc) is 2.59. The summed E-state index contributed by atoms with van der Waals surface area (Å²) < 4.78 is 15.7. The fourth-order valence-electron chi connectivity index (χ4n) is 2.82. The van der Waals surface area contributed by atoms with E-state index in [4.69, 9.17) is 24.4 Å². The van der Waals surface area contributed by atoms with Gasteiger partial charge in [-0.15, -0.1) is 0 Å². The molecular formula is C13H24O11. The van der Waals surface area contributed by atoms with Gasteiger partial charge in [-0.2, -0.15) is 0 Å². The smallest absolute Gasteiger partial charge is 0.187 e. The molecule has 2 aliphatic heterocycles. The van der Waals surface area contributed by atoms with E-state index in [2.05, 4.69) is 0 Å². The van der Waals surface area contributed by atoms with Crippen molar-refractivity contribution in [1.82, 2.24) is 0 Å². The normalized spacial score (nSPS) is 50.0. The second-order valence-electron chi connectivity index (χ2n) is 5.86. The predicted octanol–water partition coefficient (Wildman–Crippen LogP) is -5.35. The van der Waals surface area contributed by atoms with Crippen LogP contribution in [0.5, 0.6) is 0 Å². The standard InChI is InChI=1S/C13H24O11/c14-1-4-8(18)10(20)12(6(3-16)22-4)24-13-11(21)9(19)7(17)5(2-15)23-13/h4-21H,1-3H2/t4-,5?,6-,7?,8?,9?,10?,11?,12?,13+/m1/s1. The minimum atomic E-state index is -1.71. The lowest BCUT2D eigenvalue weighted by Crippen LogP contribution is -2.64. The van der Waals surface area contributed by atoms with Crippen molar-refractivity contribution in [3.8, 4) is 0 Å². The van der Waals surface area contributed by atoms with E-state index in [-0.39, 0.29) is 0 Å². The van der Waals surface area contributed by atoms with Crippen LogP contribution in [0.3, 0.4) is 0 Å². The van der Waals surface area contributed by atoms with Crippen molar-refractivity contribution >= 4 is 0 Å². The summed E-state index contributed by atoms with van der Waals surface area (Å²) in [5, 5.41) is 77.0. The van der Waals surface area contributed by atoms with Crippen LogP contribution in [0.1, 0.15) is 0 Å². The Morgan fingerprint density at radius 1 is 0.583 bits per heavy atom. The van der Waals surface area contributed by atoms with E-state index in [9.17, 15) is 30.6 Å². The molecule has 7 unspecified atom stereocenters. The number of hydrogen-bond donors (Lipinski definition) is 8. The summed E-state index contributed by atoms with van der Waals surface area (Å²) in [6.45, 7) is -1.88. The summed E-state index contributed by atoms with van der Waals surface area (Å²) in [5.74, 6) is 0. The first-order chi connectivity index (χ1) is 11.3. The number of aliphatic hydroxyl groups excluding tert-OH is 8. The van der Waals surface area contributed by atoms with E-state index in [1.165, 1.54) is 0 Å². The highest BCUT2D eigenvalue weighted by molar-refractivity contribution is 4.95. The molecule has 0 aromatic carbocycles. The Morgan fingerprint density at radius 3 is 1.62 bits per heavy atom. The van der Waals surface area contributed by atoms with Crippen molar-refractivity contribution in [2.75, 3.05) is 19.8 Å². The molecule has 0 bridgehead atoms. The van der Waals surface area contributed by atoms with Gasteiger partial charge in [-0.3, -0.25) is 0 Å². The summed E-state index contributed by atoms with van der Waals surface area (Å²) in [4.78, 5) is 0. The van der Waals surface area contributed by atoms with Crippen molar-refractivity contribution < 1.29 is 55.1 Å². The molecule has 8 N–H and O–H groups in total. The third kappa shape index (κ3) is 3.71. The highest BCUT2D eigenvalue weighted by atomic mass is 16.7. The van der Waals surface area contributed by atoms with Crippen molar-refractivity contribution in [2.45, 2.75) is 61.2 Å². The van der Waals surface area contributed by atoms with Gasteiger partial charge in [0.2, 0.25) is 0 Å². The highest BCUT2D eigenvalue weighted by Crippen LogP contribution is 2.28. The second kappa shape index (κ2) is 8.29. The van der Waals surface area contributed by atoms with Gasteiger partial charge in [0.1, 0.15) is 54.9 Å². The first kappa shape index (κ1) is 19.9. The Bertz CT molecular complexity index is 392. The summed E-state index contributed by atoms with van der Waals surface area (Å²) in [5.41, 5.74) is 0. The number of aliphatic hydroxyl groups is 8. The van der Waals surface area contributed by atoms with Gasteiger partial charge in [-0.05, 0) is 0 Å². The van der Waals surface area contributed by atoms with Crippen LogP contribution >= 0.6 is 0 Å². The average molecular weight is 356 g/mol. The van der Waals surface area contributed by atoms with E-state index >= 15 is 0 Å². The van der Waals surface area contributed by atoms with Gasteiger partial charge in [0.05, 0.1) is 19.8 Å². The summed E-state index contributed by atoms with van der Waals surface area (Å²) in [6.07, 6.45) is -14.5. The first-order valence-electron chi connectivity index (χ1n) is 7.55. The molecular weight excluding hydrogens is 332 g/mol. The summed E-state index contributed by atoms with van der Waals surface area (Å²) in [6, 6.07) is 0. The molecule has 0 spiro atoms. The molecule has 0 aromatic rings. The Hall–Kier alpha value is -0.440. The van der Waals surface area contributed by atoms with Gasteiger partial charge in [0, 0.05) is 0 Å². The summed E-state index contributed by atoms with van der Waals surface area (Å²) in [7, 11) is 0. The fourth-order valence-corrected chi connectivity index (χ4v) is 2.82. The Kier molecular flexibility index (Phi) is 6.87. The van der Waals surface area contributed by atoms with E-state index in [1.807, 2.05) is 0 Å². The number of rotatable bonds is 5. The molecule has 0 radical (unpaired) electrons. The quantitative estimate of drug-likeness (QED) is 0.235. The van der Waals surface area contributed by atoms with Crippen LogP contribution < -0.4 is 0 Å². The predicted molar refractivity (Wildman–Crippen MR) is 73.5 cm³/mol. The van der Waals surface area contributed by atoms with E-state index in [0.29, 0.717) is 0 Å². The lowest BCUT2D eigenvalue weighted by atomic mass is 9.94. The van der Waals surface area contributed by atoms with Crippen LogP contribution in [0.15, 0.2) is 0 Å². The second-order valence-corrected chi connectivity index (χ2v) is 5.86. The molecule has 142 valence electrons. The SMILES string of the molecule is OCC1O[C@@H](OC2C(O)C(O)[C@@H](CO)O[C@@H]2CO)C(O)C(O)C1O. The zero-order chi connectivity index (χ0) is 18.0. The maximum absolute atomic E-state index is 10.1. The molecule has 0 saturated carbocycles. The van der Waals surface area contributed by atoms with E-state index < -0.39 is 81.0 Å². The largest absolute Gasteiger partial charge is 0.394 e. The van der Waals surface area contributed by atoms with Crippen LogP contribution in [-0.2, 0) is 14.2 Å². The van der Waals surface area contributed by atoms with Crippen LogP contribution in [0, 0.1) is 0 Å². The molecule has 0 amide bonds. The molecule has 0 aliphatic carbocycles. The Labute approximate surface area is 137 Å². The van der Waals surface area contributed by atoms with Gasteiger partial charge < -0.3 is 55.1 Å². The van der Waals surface area contributed by atoms with Crippen molar-refractivity contribution in [2.24, 2.45) is 0 Å². The molecule has 24 heavy (non-hydrogen) atoms. The highest BCUT2D eigenvalue weighted by Gasteiger charge is 2.50. The topological polar surface area (TPSA) is 190 Å². The molecule has 2 saturated heterocycles. The molecule has 2 fully saturated rings. The molecule has 2 heterocycles. The van der Waals surface area contributed by atoms with Crippen molar-refractivity contribution in [1.29, 1.82) is 0 Å². The minimum absolute atomic E-state index is 0.596. The lowest BCUT2D eigenvalue weighted by molar-refractivity contribution is -0.343. The van der Waals surface area contributed by atoms with Gasteiger partial charge in [0.15, 0.2) is 6.29 Å². The molecule has 0 aromatic heterocycles. The molecule has 2 rings (SSSR count). The monoisotopic (exact) mass is 356 g/mol. The zero-order valence-electron chi connectivity index (χ0n) is 12.7. The van der Waals surface area contributed by atoms with Gasteiger partial charge in [-0.1, -0.05) is 0 Å². The summed E-state index contributed by atoms with van der Waals surface area (Å²) >= 11 is 0. The maximum atomic E-state index is 10.1. The zero-order valence-corrected chi connectivity index (χ0v) is 12.7. The van der Waals surface area contributed by atoms with Crippen LogP contribution in [0.2, 0.25) is 0 Å². The van der Waals surface area contributed by atoms with Crippen LogP contribution in [0.4, 0.5) is 0 Å². The third-order valence-electron chi connectivity index (χ3n) is 4.28. The molecule has 2 aliphatic rings. The van der Waals surface area contributed by atoms with Crippen molar-refractivity contribution in [3.05, 3.63) is 0 Å². The van der Waals surface area contributed by atoms with E-state index in [1.54, 1.807) is 0 Å². The van der Waals surface area contributed by atoms with Crippen LogP contribution in [-0.4, -0.2) is 122 Å². The first-order valence-corrected chi connectivity index (χ1v) is 7.55. The van der Waals surface area contributed by atoms with Gasteiger partial charge in [-0.25, -0.2) is 0 Å². The van der Waals surface area contributed by atoms with Gasteiger partial charge in [0.25, 0.3) is 0 Å². The molecule has 10 atom stereocenters. The van der Waals surface area contributed by atoms with Crippen molar-refractivity contribution in [3.63, 3.8) is 0 Å². The van der Waals surface area contributed by atoms with E-state index in [0.717, 1.165) is 0 Å². The number of hydrogen-bond acceptors (Lipinski definition) is 11. The molecule has 11 nitrogen and oxygen atoms in total. The molecule has 11 heteroatoms. The third-order valence-corrected chi connectivity index (χ3v) is 4.28. The maximum Gasteiger partial charge on any atom is 0.187 e. The Balaban J connectivity index is 2.12. The van der Waals surface area contributed by atoms with Crippen LogP contribution in [0.25, 0.3) is 0 Å². The minimum Gasteiger partial charge on any atom is -0.394 e. The fraction of sp³-hybridized carbons (Fsp3) is 1.00.